The third kappa shape index (κ3) is 4.05. The van der Waals surface area contributed by atoms with E-state index in [9.17, 15) is 4.79 Å². The Bertz CT molecular complexity index is 439. The molecule has 1 fully saturated rings. The maximum Gasteiger partial charge on any atom is 0.326 e. The second kappa shape index (κ2) is 7.57. The molecule has 0 radical (unpaired) electrons. The van der Waals surface area contributed by atoms with Gasteiger partial charge in [-0.2, -0.15) is 0 Å². The standard InChI is InChI=1S/C17H26N2O2/c1-3-11-18-17(16(20)21-2)9-12-19(13-10-17)14-15-7-5-4-6-8-15/h4-8,18H,3,9-14H2,1-2H3. The van der Waals surface area contributed by atoms with Crippen molar-refractivity contribution in [3.63, 3.8) is 0 Å². The molecule has 0 bridgehead atoms. The summed E-state index contributed by atoms with van der Waals surface area (Å²) in [7, 11) is 1.48. The van der Waals surface area contributed by atoms with Crippen LogP contribution in [0.3, 0.4) is 0 Å². The van der Waals surface area contributed by atoms with Crippen LogP contribution in [0.1, 0.15) is 31.7 Å². The van der Waals surface area contributed by atoms with E-state index in [0.29, 0.717) is 0 Å². The van der Waals surface area contributed by atoms with Gasteiger partial charge in [-0.25, -0.2) is 0 Å². The molecule has 0 spiro atoms. The van der Waals surface area contributed by atoms with E-state index in [0.717, 1.165) is 45.4 Å². The van der Waals surface area contributed by atoms with E-state index in [1.165, 1.54) is 12.7 Å². The number of esters is 1. The van der Waals surface area contributed by atoms with Crippen LogP contribution in [-0.4, -0.2) is 43.2 Å². The van der Waals surface area contributed by atoms with Gasteiger partial charge in [-0.3, -0.25) is 9.69 Å². The largest absolute Gasteiger partial charge is 0.468 e. The number of carbonyl (C=O) groups is 1. The summed E-state index contributed by atoms with van der Waals surface area (Å²) in [6.45, 7) is 5.75. The molecular weight excluding hydrogens is 264 g/mol. The van der Waals surface area contributed by atoms with E-state index >= 15 is 0 Å². The van der Waals surface area contributed by atoms with Crippen LogP contribution in [0, 0.1) is 0 Å². The highest BCUT2D eigenvalue weighted by Crippen LogP contribution is 2.25. The summed E-state index contributed by atoms with van der Waals surface area (Å²) in [6.07, 6.45) is 2.64. The first kappa shape index (κ1) is 16.0. The van der Waals surface area contributed by atoms with Crippen molar-refractivity contribution in [3.8, 4) is 0 Å². The predicted octanol–water partition coefficient (Wildman–Crippen LogP) is 2.19. The van der Waals surface area contributed by atoms with E-state index in [1.807, 2.05) is 6.07 Å². The Morgan fingerprint density at radius 3 is 2.52 bits per heavy atom. The summed E-state index contributed by atoms with van der Waals surface area (Å²) in [5.74, 6) is -0.115. The van der Waals surface area contributed by atoms with Gasteiger partial charge in [0.25, 0.3) is 0 Å². The Balaban J connectivity index is 1.94. The third-order valence-corrected chi connectivity index (χ3v) is 4.25. The number of nitrogens with zero attached hydrogens (tertiary/aromatic N) is 1. The molecule has 1 heterocycles. The molecule has 1 aliphatic heterocycles. The summed E-state index contributed by atoms with van der Waals surface area (Å²) in [4.78, 5) is 14.6. The minimum absolute atomic E-state index is 0.115. The number of carbonyl (C=O) groups excluding carboxylic acids is 1. The summed E-state index contributed by atoms with van der Waals surface area (Å²) >= 11 is 0. The van der Waals surface area contributed by atoms with Crippen molar-refractivity contribution < 1.29 is 9.53 Å². The minimum atomic E-state index is -0.488. The molecule has 0 atom stereocenters. The fraction of sp³-hybridized carbons (Fsp3) is 0.588. The lowest BCUT2D eigenvalue weighted by Crippen LogP contribution is -2.58. The Labute approximate surface area is 127 Å². The smallest absolute Gasteiger partial charge is 0.326 e. The van der Waals surface area contributed by atoms with E-state index in [-0.39, 0.29) is 5.97 Å². The normalized spacial score (nSPS) is 18.4. The second-order valence-corrected chi connectivity index (χ2v) is 5.76. The number of benzene rings is 1. The van der Waals surface area contributed by atoms with Crippen LogP contribution in [0.15, 0.2) is 30.3 Å². The maximum atomic E-state index is 12.2. The molecule has 1 aromatic rings. The van der Waals surface area contributed by atoms with Gasteiger partial charge in [0, 0.05) is 19.6 Å². The molecule has 1 saturated heterocycles. The van der Waals surface area contributed by atoms with E-state index in [1.54, 1.807) is 0 Å². The van der Waals surface area contributed by atoms with Crippen LogP contribution >= 0.6 is 0 Å². The van der Waals surface area contributed by atoms with Crippen molar-refractivity contribution in [2.75, 3.05) is 26.7 Å². The number of piperidine rings is 1. The number of hydrogen-bond acceptors (Lipinski definition) is 4. The first-order chi connectivity index (χ1) is 10.2. The van der Waals surface area contributed by atoms with Crippen LogP contribution in [0.25, 0.3) is 0 Å². The number of rotatable bonds is 6. The zero-order valence-electron chi connectivity index (χ0n) is 13.1. The van der Waals surface area contributed by atoms with Gasteiger partial charge in [-0.05, 0) is 31.4 Å². The molecule has 2 rings (SSSR count). The highest BCUT2D eigenvalue weighted by molar-refractivity contribution is 5.81. The van der Waals surface area contributed by atoms with E-state index < -0.39 is 5.54 Å². The van der Waals surface area contributed by atoms with Gasteiger partial charge in [0.05, 0.1) is 7.11 Å². The summed E-state index contributed by atoms with van der Waals surface area (Å²) < 4.78 is 5.02. The van der Waals surface area contributed by atoms with Gasteiger partial charge in [-0.15, -0.1) is 0 Å². The lowest BCUT2D eigenvalue weighted by molar-refractivity contribution is -0.151. The Hall–Kier alpha value is -1.39. The Morgan fingerprint density at radius 1 is 1.29 bits per heavy atom. The van der Waals surface area contributed by atoms with Crippen LogP contribution in [0.4, 0.5) is 0 Å². The van der Waals surface area contributed by atoms with Crippen molar-refractivity contribution >= 4 is 5.97 Å². The monoisotopic (exact) mass is 290 g/mol. The molecule has 0 aromatic heterocycles. The number of ether oxygens (including phenoxy) is 1. The molecule has 0 aliphatic carbocycles. The molecule has 4 nitrogen and oxygen atoms in total. The van der Waals surface area contributed by atoms with Crippen LogP contribution < -0.4 is 5.32 Å². The number of hydrogen-bond donors (Lipinski definition) is 1. The molecule has 0 unspecified atom stereocenters. The lowest BCUT2D eigenvalue weighted by atomic mass is 9.87. The molecule has 116 valence electrons. The lowest BCUT2D eigenvalue weighted by Gasteiger charge is -2.40. The highest BCUT2D eigenvalue weighted by atomic mass is 16.5. The first-order valence-corrected chi connectivity index (χ1v) is 7.80. The van der Waals surface area contributed by atoms with Gasteiger partial charge in [-0.1, -0.05) is 37.3 Å². The number of methoxy groups -OCH3 is 1. The van der Waals surface area contributed by atoms with Crippen LogP contribution in [0.5, 0.6) is 0 Å². The topological polar surface area (TPSA) is 41.6 Å². The minimum Gasteiger partial charge on any atom is -0.468 e. The molecule has 21 heavy (non-hydrogen) atoms. The molecule has 1 aromatic carbocycles. The van der Waals surface area contributed by atoms with E-state index in [4.69, 9.17) is 4.74 Å². The summed E-state index contributed by atoms with van der Waals surface area (Å²) in [6, 6.07) is 10.5. The summed E-state index contributed by atoms with van der Waals surface area (Å²) in [5, 5.41) is 3.42. The van der Waals surface area contributed by atoms with E-state index in [2.05, 4.69) is 41.4 Å². The van der Waals surface area contributed by atoms with Crippen molar-refractivity contribution in [3.05, 3.63) is 35.9 Å². The zero-order chi connectivity index (χ0) is 15.1. The molecule has 1 N–H and O–H groups in total. The fourth-order valence-electron chi connectivity index (χ4n) is 2.95. The third-order valence-electron chi connectivity index (χ3n) is 4.25. The van der Waals surface area contributed by atoms with Gasteiger partial charge in [0.15, 0.2) is 0 Å². The van der Waals surface area contributed by atoms with Gasteiger partial charge < -0.3 is 10.1 Å². The quantitative estimate of drug-likeness (QED) is 0.816. The van der Waals surface area contributed by atoms with Crippen LogP contribution in [-0.2, 0) is 16.1 Å². The van der Waals surface area contributed by atoms with Gasteiger partial charge >= 0.3 is 5.97 Å². The fourth-order valence-corrected chi connectivity index (χ4v) is 2.95. The second-order valence-electron chi connectivity index (χ2n) is 5.76. The van der Waals surface area contributed by atoms with Crippen molar-refractivity contribution in [1.29, 1.82) is 0 Å². The molecule has 4 heteroatoms. The Morgan fingerprint density at radius 2 is 1.95 bits per heavy atom. The number of likely N-dealkylation sites (tertiary alicyclic amines) is 1. The molecule has 0 saturated carbocycles. The molecular formula is C17H26N2O2. The average molecular weight is 290 g/mol. The SMILES string of the molecule is CCCNC1(C(=O)OC)CCN(Cc2ccccc2)CC1. The highest BCUT2D eigenvalue weighted by Gasteiger charge is 2.41. The molecule has 1 aliphatic rings. The predicted molar refractivity (Wildman–Crippen MR) is 84.0 cm³/mol. The zero-order valence-corrected chi connectivity index (χ0v) is 13.1. The Kier molecular flexibility index (Phi) is 5.76. The van der Waals surface area contributed by atoms with Gasteiger partial charge in [0.2, 0.25) is 0 Å². The van der Waals surface area contributed by atoms with Crippen molar-refractivity contribution in [2.24, 2.45) is 0 Å². The van der Waals surface area contributed by atoms with Crippen molar-refractivity contribution in [2.45, 2.75) is 38.3 Å². The molecule has 0 amide bonds. The van der Waals surface area contributed by atoms with Crippen molar-refractivity contribution in [1.82, 2.24) is 10.2 Å². The number of nitrogens with one attached hydrogen (secondary N) is 1. The summed E-state index contributed by atoms with van der Waals surface area (Å²) in [5.41, 5.74) is 0.836. The average Bonchev–Trinajstić information content (AvgIpc) is 2.54. The maximum absolute atomic E-state index is 12.2. The first-order valence-electron chi connectivity index (χ1n) is 7.80. The van der Waals surface area contributed by atoms with Crippen LogP contribution in [0.2, 0.25) is 0 Å². The van der Waals surface area contributed by atoms with Gasteiger partial charge in [0.1, 0.15) is 5.54 Å².